The Morgan fingerprint density at radius 2 is 0.780 bits per heavy atom. The van der Waals surface area contributed by atoms with Crippen molar-refractivity contribution in [3.63, 3.8) is 0 Å². The first-order chi connectivity index (χ1) is 40.7. The molecule has 0 radical (unpaired) electrons. The molecule has 0 aliphatic carbocycles. The second-order valence-electron chi connectivity index (χ2n) is 21.2. The van der Waals surface area contributed by atoms with Crippen molar-refractivity contribution in [3.8, 4) is 39.9 Å². The fourth-order valence-corrected chi connectivity index (χ4v) is 16.3. The van der Waals surface area contributed by atoms with Gasteiger partial charge in [0.2, 0.25) is 5.69 Å². The maximum absolute atomic E-state index is 12.7. The Bertz CT molecular complexity index is 5630. The van der Waals surface area contributed by atoms with Gasteiger partial charge in [0.15, 0.2) is 0 Å². The molecule has 8 heteroatoms. The van der Waals surface area contributed by atoms with Gasteiger partial charge < -0.3 is 18.3 Å². The van der Waals surface area contributed by atoms with Crippen molar-refractivity contribution in [1.82, 2.24) is 18.3 Å². The Kier molecular flexibility index (Phi) is 9.30. The molecule has 0 N–H and O–H groups in total. The van der Waals surface area contributed by atoms with Gasteiger partial charge in [0, 0.05) is 78.7 Å². The van der Waals surface area contributed by atoms with Crippen LogP contribution in [-0.4, -0.2) is 18.3 Å². The minimum atomic E-state index is 0.361. The molecule has 6 aromatic heterocycles. The number of nitriles is 1. The number of fused-ring (bicyclic) bond motifs is 19. The highest BCUT2D eigenvalue weighted by Gasteiger charge is 2.35. The van der Waals surface area contributed by atoms with E-state index in [1.54, 1.807) is 11.3 Å². The largest absolute Gasteiger partial charge is 0.318 e. The Morgan fingerprint density at radius 3 is 1.32 bits per heavy atom. The maximum atomic E-state index is 12.7. The van der Waals surface area contributed by atoms with Gasteiger partial charge in [0.05, 0.1) is 83.7 Å². The summed E-state index contributed by atoms with van der Waals surface area (Å²) in [5.41, 5.74) is 13.2. The predicted octanol–water partition coefficient (Wildman–Crippen LogP) is 20.9. The number of hydrogen-bond acceptors (Lipinski definition) is 3. The summed E-state index contributed by atoms with van der Waals surface area (Å²) < 4.78 is 14.1. The first-order valence-electron chi connectivity index (χ1n) is 27.4. The summed E-state index contributed by atoms with van der Waals surface area (Å²) in [7, 11) is 0. The van der Waals surface area contributed by atoms with Crippen LogP contribution in [0.5, 0.6) is 0 Å². The Hall–Kier alpha value is -10.7. The molecule has 0 aliphatic rings. The average Bonchev–Trinajstić information content (AvgIpc) is 1.78. The highest BCUT2D eigenvalue weighted by atomic mass is 32.1. The third-order valence-electron chi connectivity index (χ3n) is 17.2. The van der Waals surface area contributed by atoms with Crippen LogP contribution in [0, 0.1) is 17.9 Å². The second-order valence-corrected chi connectivity index (χ2v) is 23.4. The van der Waals surface area contributed by atoms with Gasteiger partial charge in [-0.1, -0.05) is 176 Å². The monoisotopic (exact) mass is 1080 g/mol. The van der Waals surface area contributed by atoms with Crippen molar-refractivity contribution < 1.29 is 0 Å². The van der Waals surface area contributed by atoms with E-state index in [0.717, 1.165) is 109 Å². The zero-order chi connectivity index (χ0) is 53.9. The lowest BCUT2D eigenvalue weighted by Gasteiger charge is -2.27. The van der Waals surface area contributed by atoms with Crippen molar-refractivity contribution in [2.75, 3.05) is 0 Å². The minimum Gasteiger partial charge on any atom is -0.318 e. The number of rotatable bonds is 5. The van der Waals surface area contributed by atoms with Crippen molar-refractivity contribution in [2.45, 2.75) is 0 Å². The number of nitrogens with zero attached hydrogens (tertiary/aromatic N) is 6. The maximum Gasteiger partial charge on any atom is 0.237 e. The number of hydrogen-bond donors (Lipinski definition) is 0. The van der Waals surface area contributed by atoms with E-state index in [4.69, 9.17) is 4.85 Å². The fourth-order valence-electron chi connectivity index (χ4n) is 13.9. The fraction of sp³-hybridized carbons (Fsp3) is 0. The van der Waals surface area contributed by atoms with E-state index < -0.39 is 0 Å². The van der Waals surface area contributed by atoms with E-state index in [9.17, 15) is 11.8 Å². The molecule has 0 spiro atoms. The summed E-state index contributed by atoms with van der Waals surface area (Å²) in [6.07, 6.45) is 0. The zero-order valence-electron chi connectivity index (χ0n) is 43.6. The van der Waals surface area contributed by atoms with Crippen LogP contribution in [0.3, 0.4) is 0 Å². The van der Waals surface area contributed by atoms with E-state index in [0.29, 0.717) is 28.3 Å². The van der Waals surface area contributed by atoms with Crippen LogP contribution < -0.4 is 0 Å². The molecule has 0 fully saturated rings. The number of aromatic nitrogens is 4. The lowest BCUT2D eigenvalue weighted by atomic mass is 9.98. The van der Waals surface area contributed by atoms with Gasteiger partial charge in [-0.2, -0.15) is 5.26 Å². The van der Waals surface area contributed by atoms with E-state index in [-0.39, 0.29) is 0 Å². The van der Waals surface area contributed by atoms with Gasteiger partial charge >= 0.3 is 0 Å². The van der Waals surface area contributed by atoms with E-state index in [1.165, 1.54) is 35.8 Å². The van der Waals surface area contributed by atoms with Crippen LogP contribution in [-0.2, 0) is 0 Å². The van der Waals surface area contributed by atoms with Gasteiger partial charge in [-0.3, -0.25) is 0 Å². The highest BCUT2D eigenvalue weighted by molar-refractivity contribution is 7.27. The molecule has 0 aliphatic heterocycles. The molecule has 0 atom stereocenters. The lowest BCUT2D eigenvalue weighted by Crippen LogP contribution is -2.14. The molecule has 378 valence electrons. The molecule has 0 amide bonds. The van der Waals surface area contributed by atoms with Crippen molar-refractivity contribution >= 4 is 156 Å². The third kappa shape index (κ3) is 5.93. The van der Waals surface area contributed by atoms with Crippen LogP contribution >= 0.6 is 22.7 Å². The van der Waals surface area contributed by atoms with Crippen molar-refractivity contribution in [2.24, 2.45) is 0 Å². The average molecular weight is 1080 g/mol. The summed E-state index contributed by atoms with van der Waals surface area (Å²) in [5.74, 6) is 0. The first-order valence-corrected chi connectivity index (χ1v) is 29.1. The van der Waals surface area contributed by atoms with Gasteiger partial charge in [0.25, 0.3) is 0 Å². The number of benzene rings is 12. The van der Waals surface area contributed by atoms with E-state index in [1.807, 2.05) is 11.3 Å². The quantitative estimate of drug-likeness (QED) is 0.158. The SMILES string of the molecule is [C-]#[N+]c1c(-n2c3ccccc3c3ccccc32)c(C#N)c(-n2c3ccccc3c3ccccc32)c(-n2c3ccc(-c4cccc5sc6ccccc6c45)cc3c3ccc4c5ccccc5sc4c32)c1-n1c2ccccc2c2ccccc21. The standard InChI is InChI=1S/C74H40N6S2/c1-76-68-69(77-57-28-10-2-19-45(57)46-20-3-11-29-58(46)77)56(42-75)70(78-59-30-12-4-21-47(59)48-22-5-13-31-60(48)78)73(72(68)79-61-32-14-6-23-49(61)50-24-7-15-33-62(50)79)80-63-40-37-43(44-27-18-36-66-67(44)54-26-9-17-35-65(54)81-66)41-55(63)52-38-39-53-51-25-8-16-34-64(51)82-74(53)71(52)80/h2-41H. The van der Waals surface area contributed by atoms with Crippen molar-refractivity contribution in [1.29, 1.82) is 5.26 Å². The molecule has 12 aromatic carbocycles. The molecular weight excluding hydrogens is 1040 g/mol. The summed E-state index contributed by atoms with van der Waals surface area (Å²) in [5, 5.41) is 26.0. The normalized spacial score (nSPS) is 12.1. The highest BCUT2D eigenvalue weighted by Crippen LogP contribution is 2.54. The summed E-state index contributed by atoms with van der Waals surface area (Å²) >= 11 is 3.63. The molecule has 6 nitrogen and oxygen atoms in total. The lowest BCUT2D eigenvalue weighted by molar-refractivity contribution is 1.03. The van der Waals surface area contributed by atoms with Crippen molar-refractivity contribution in [3.05, 3.63) is 260 Å². The molecule has 0 saturated heterocycles. The first kappa shape index (κ1) is 45.2. The van der Waals surface area contributed by atoms with Gasteiger partial charge in [-0.25, -0.2) is 4.85 Å². The molecule has 18 aromatic rings. The topological polar surface area (TPSA) is 47.9 Å². The Labute approximate surface area is 476 Å². The van der Waals surface area contributed by atoms with Gasteiger partial charge in [0.1, 0.15) is 6.07 Å². The van der Waals surface area contributed by atoms with Gasteiger partial charge in [-0.05, 0) is 77.9 Å². The molecule has 82 heavy (non-hydrogen) atoms. The van der Waals surface area contributed by atoms with Crippen LogP contribution in [0.15, 0.2) is 243 Å². The number of para-hydroxylation sites is 6. The summed E-state index contributed by atoms with van der Waals surface area (Å²) in [6.45, 7) is 9.90. The molecule has 0 unspecified atom stereocenters. The molecule has 6 heterocycles. The van der Waals surface area contributed by atoms with Crippen LogP contribution in [0.4, 0.5) is 5.69 Å². The Balaban J connectivity index is 1.13. The van der Waals surface area contributed by atoms with Crippen LogP contribution in [0.2, 0.25) is 0 Å². The number of thiophene rings is 2. The molecule has 0 saturated carbocycles. The molecule has 18 rings (SSSR count). The molecular formula is C74H40N6S2. The smallest absolute Gasteiger partial charge is 0.237 e. The zero-order valence-corrected chi connectivity index (χ0v) is 45.2. The van der Waals surface area contributed by atoms with E-state index in [2.05, 4.69) is 267 Å². The summed E-state index contributed by atoms with van der Waals surface area (Å²) in [6, 6.07) is 89.7. The second kappa shape index (κ2) is 16.9. The van der Waals surface area contributed by atoms with E-state index >= 15 is 0 Å². The summed E-state index contributed by atoms with van der Waals surface area (Å²) in [4.78, 5) is 4.83. The third-order valence-corrected chi connectivity index (χ3v) is 19.5. The van der Waals surface area contributed by atoms with Crippen LogP contribution in [0.1, 0.15) is 5.56 Å². The molecule has 0 bridgehead atoms. The van der Waals surface area contributed by atoms with Crippen LogP contribution in [0.25, 0.3) is 166 Å². The Morgan fingerprint density at radius 1 is 0.341 bits per heavy atom. The van der Waals surface area contributed by atoms with Gasteiger partial charge in [-0.15, -0.1) is 22.7 Å². The minimum absolute atomic E-state index is 0.361. The predicted molar refractivity (Wildman–Crippen MR) is 346 cm³/mol.